The van der Waals surface area contributed by atoms with Gasteiger partial charge in [0.05, 0.1) is 0 Å². The van der Waals surface area contributed by atoms with Crippen molar-refractivity contribution < 1.29 is 4.79 Å². The summed E-state index contributed by atoms with van der Waals surface area (Å²) in [6.07, 6.45) is 3.77. The third-order valence-electron chi connectivity index (χ3n) is 2.69. The Balaban J connectivity index is 2.21. The lowest BCUT2D eigenvalue weighted by molar-refractivity contribution is -0.120. The summed E-state index contributed by atoms with van der Waals surface area (Å²) in [4.78, 5) is 14.0. The van der Waals surface area contributed by atoms with Gasteiger partial charge in [-0.3, -0.25) is 4.79 Å². The highest BCUT2D eigenvalue weighted by molar-refractivity contribution is 9.10. The predicted molar refractivity (Wildman–Crippen MR) is 63.0 cm³/mol. The van der Waals surface area contributed by atoms with Crippen molar-refractivity contribution in [3.05, 3.63) is 20.3 Å². The summed E-state index contributed by atoms with van der Waals surface area (Å²) < 4.78 is 1.19. The van der Waals surface area contributed by atoms with Gasteiger partial charge < -0.3 is 0 Å². The van der Waals surface area contributed by atoms with Crippen molar-refractivity contribution >= 4 is 33.0 Å². The molecular formula is C11H13BrOS. The van der Waals surface area contributed by atoms with E-state index < -0.39 is 0 Å². The van der Waals surface area contributed by atoms with Crippen LogP contribution in [0.1, 0.15) is 41.4 Å². The molecule has 0 spiro atoms. The molecule has 1 aliphatic rings. The smallest absolute Gasteiger partial charge is 0.133 e. The molecule has 1 unspecified atom stereocenters. The summed E-state index contributed by atoms with van der Waals surface area (Å²) in [5, 5.41) is 0. The lowest BCUT2D eigenvalue weighted by Crippen LogP contribution is -2.12. The third-order valence-corrected chi connectivity index (χ3v) is 4.82. The van der Waals surface area contributed by atoms with E-state index in [9.17, 15) is 4.79 Å². The fourth-order valence-electron chi connectivity index (χ4n) is 2.03. The van der Waals surface area contributed by atoms with Crippen molar-refractivity contribution in [1.29, 1.82) is 0 Å². The Labute approximate surface area is 96.6 Å². The van der Waals surface area contributed by atoms with Crippen molar-refractivity contribution in [2.75, 3.05) is 0 Å². The van der Waals surface area contributed by atoms with Gasteiger partial charge in [0, 0.05) is 33.0 Å². The molecule has 0 bridgehead atoms. The highest BCUT2D eigenvalue weighted by Gasteiger charge is 2.23. The molecule has 76 valence electrons. The number of carbonyl (C=O) groups excluding carboxylic acids is 1. The van der Waals surface area contributed by atoms with E-state index in [1.165, 1.54) is 20.6 Å². The minimum atomic E-state index is 0.430. The SMILES string of the molecule is Cc1cc(Br)c(C2CCCC(=O)C2)s1. The molecular weight excluding hydrogens is 260 g/mol. The molecule has 1 aliphatic carbocycles. The molecule has 1 aromatic heterocycles. The maximum Gasteiger partial charge on any atom is 0.133 e. The van der Waals surface area contributed by atoms with Gasteiger partial charge in [-0.05, 0) is 41.8 Å². The first-order valence-corrected chi connectivity index (χ1v) is 6.55. The van der Waals surface area contributed by atoms with Crippen molar-refractivity contribution in [3.63, 3.8) is 0 Å². The second-order valence-electron chi connectivity index (χ2n) is 3.90. The molecule has 0 N–H and O–H groups in total. The van der Waals surface area contributed by atoms with Crippen LogP contribution >= 0.6 is 27.3 Å². The number of thiophene rings is 1. The van der Waals surface area contributed by atoms with Crippen LogP contribution in [0.4, 0.5) is 0 Å². The van der Waals surface area contributed by atoms with Crippen LogP contribution in [0.5, 0.6) is 0 Å². The Morgan fingerprint density at radius 3 is 2.93 bits per heavy atom. The maximum absolute atomic E-state index is 11.4. The van der Waals surface area contributed by atoms with E-state index >= 15 is 0 Å². The fourth-order valence-corrected chi connectivity index (χ4v) is 4.14. The van der Waals surface area contributed by atoms with Gasteiger partial charge in [-0.2, -0.15) is 0 Å². The van der Waals surface area contributed by atoms with Gasteiger partial charge >= 0.3 is 0 Å². The van der Waals surface area contributed by atoms with Crippen LogP contribution in [0, 0.1) is 6.92 Å². The van der Waals surface area contributed by atoms with Gasteiger partial charge in [0.15, 0.2) is 0 Å². The van der Waals surface area contributed by atoms with Gasteiger partial charge in [-0.25, -0.2) is 0 Å². The summed E-state index contributed by atoms with van der Waals surface area (Å²) in [5.41, 5.74) is 0. The number of ketones is 1. The first-order valence-electron chi connectivity index (χ1n) is 4.94. The quantitative estimate of drug-likeness (QED) is 0.754. The molecule has 0 radical (unpaired) electrons. The van der Waals surface area contributed by atoms with E-state index in [-0.39, 0.29) is 0 Å². The molecule has 0 aliphatic heterocycles. The van der Waals surface area contributed by atoms with E-state index in [4.69, 9.17) is 0 Å². The number of rotatable bonds is 1. The Morgan fingerprint density at radius 2 is 2.36 bits per heavy atom. The molecule has 1 atom stereocenters. The van der Waals surface area contributed by atoms with Crippen molar-refractivity contribution in [3.8, 4) is 0 Å². The number of aryl methyl sites for hydroxylation is 1. The zero-order valence-electron chi connectivity index (χ0n) is 8.18. The Hall–Kier alpha value is -0.150. The molecule has 1 fully saturated rings. The zero-order chi connectivity index (χ0) is 10.1. The lowest BCUT2D eigenvalue weighted by atomic mass is 9.87. The lowest BCUT2D eigenvalue weighted by Gasteiger charge is -2.19. The molecule has 1 nitrogen and oxygen atoms in total. The molecule has 0 saturated heterocycles. The second-order valence-corrected chi connectivity index (χ2v) is 6.04. The molecule has 1 aromatic rings. The minimum Gasteiger partial charge on any atom is -0.300 e. The number of hydrogen-bond donors (Lipinski definition) is 0. The topological polar surface area (TPSA) is 17.1 Å². The van der Waals surface area contributed by atoms with Crippen LogP contribution in [-0.2, 0) is 4.79 Å². The number of carbonyl (C=O) groups is 1. The standard InChI is InChI=1S/C11H13BrOS/c1-7-5-10(12)11(14-7)8-3-2-4-9(13)6-8/h5,8H,2-4,6H2,1H3. The number of halogens is 1. The van der Waals surface area contributed by atoms with E-state index in [1.54, 1.807) is 0 Å². The van der Waals surface area contributed by atoms with Crippen LogP contribution in [0.2, 0.25) is 0 Å². The van der Waals surface area contributed by atoms with Crippen LogP contribution in [-0.4, -0.2) is 5.78 Å². The minimum absolute atomic E-state index is 0.430. The average Bonchev–Trinajstić information content (AvgIpc) is 2.45. The normalized spacial score (nSPS) is 22.7. The molecule has 0 amide bonds. The highest BCUT2D eigenvalue weighted by atomic mass is 79.9. The highest BCUT2D eigenvalue weighted by Crippen LogP contribution is 2.39. The summed E-state index contributed by atoms with van der Waals surface area (Å²) in [6, 6.07) is 2.15. The Morgan fingerprint density at radius 1 is 1.57 bits per heavy atom. The maximum atomic E-state index is 11.4. The fraction of sp³-hybridized carbons (Fsp3) is 0.545. The van der Waals surface area contributed by atoms with Crippen molar-refractivity contribution in [2.24, 2.45) is 0 Å². The largest absolute Gasteiger partial charge is 0.300 e. The van der Waals surface area contributed by atoms with Crippen molar-refractivity contribution in [1.82, 2.24) is 0 Å². The molecule has 1 heterocycles. The van der Waals surface area contributed by atoms with Gasteiger partial charge in [-0.1, -0.05) is 0 Å². The second kappa shape index (κ2) is 4.15. The monoisotopic (exact) mass is 272 g/mol. The van der Waals surface area contributed by atoms with Crippen LogP contribution < -0.4 is 0 Å². The Bertz CT molecular complexity index is 356. The summed E-state index contributed by atoms with van der Waals surface area (Å²) >= 11 is 5.40. The van der Waals surface area contributed by atoms with E-state index in [0.29, 0.717) is 11.7 Å². The van der Waals surface area contributed by atoms with E-state index in [0.717, 1.165) is 19.3 Å². The van der Waals surface area contributed by atoms with E-state index in [2.05, 4.69) is 28.9 Å². The molecule has 2 rings (SSSR count). The number of hydrogen-bond acceptors (Lipinski definition) is 2. The first kappa shape index (κ1) is 10.4. The van der Waals surface area contributed by atoms with E-state index in [1.807, 2.05) is 11.3 Å². The third kappa shape index (κ3) is 2.09. The molecule has 14 heavy (non-hydrogen) atoms. The van der Waals surface area contributed by atoms with Gasteiger partial charge in [0.25, 0.3) is 0 Å². The predicted octanol–water partition coefficient (Wildman–Crippen LogP) is 4.05. The summed E-state index contributed by atoms with van der Waals surface area (Å²) in [7, 11) is 0. The Kier molecular flexibility index (Phi) is 3.07. The van der Waals surface area contributed by atoms with Crippen LogP contribution in [0.25, 0.3) is 0 Å². The molecule has 0 aromatic carbocycles. The average molecular weight is 273 g/mol. The summed E-state index contributed by atoms with van der Waals surface area (Å²) in [5.74, 6) is 0.906. The molecule has 1 saturated carbocycles. The number of Topliss-reactive ketones (excluding diaryl/α,β-unsaturated/α-hetero) is 1. The molecule has 3 heteroatoms. The first-order chi connectivity index (χ1) is 6.66. The van der Waals surface area contributed by atoms with Gasteiger partial charge in [0.2, 0.25) is 0 Å². The zero-order valence-corrected chi connectivity index (χ0v) is 10.6. The van der Waals surface area contributed by atoms with Crippen LogP contribution in [0.15, 0.2) is 10.5 Å². The van der Waals surface area contributed by atoms with Gasteiger partial charge in [0.1, 0.15) is 5.78 Å². The van der Waals surface area contributed by atoms with Crippen molar-refractivity contribution in [2.45, 2.75) is 38.5 Å². The van der Waals surface area contributed by atoms with Gasteiger partial charge in [-0.15, -0.1) is 11.3 Å². The summed E-state index contributed by atoms with van der Waals surface area (Å²) in [6.45, 7) is 2.11. The van der Waals surface area contributed by atoms with Crippen LogP contribution in [0.3, 0.4) is 0 Å².